The van der Waals surface area contributed by atoms with Crippen molar-refractivity contribution in [2.24, 2.45) is 0 Å². The molecule has 1 fully saturated rings. The van der Waals surface area contributed by atoms with Crippen LogP contribution in [0, 0.1) is 6.92 Å². The minimum Gasteiger partial charge on any atom is -0.380 e. The van der Waals surface area contributed by atoms with Gasteiger partial charge in [0, 0.05) is 24.9 Å². The van der Waals surface area contributed by atoms with Gasteiger partial charge in [0.25, 0.3) is 0 Å². The zero-order chi connectivity index (χ0) is 13.3. The molecule has 1 N–H and O–H groups in total. The van der Waals surface area contributed by atoms with Crippen LogP contribution < -0.4 is 5.32 Å². The van der Waals surface area contributed by atoms with Crippen LogP contribution in [0.3, 0.4) is 0 Å². The Morgan fingerprint density at radius 2 is 2.37 bits per heavy atom. The molecule has 2 aromatic heterocycles. The quantitative estimate of drug-likeness (QED) is 0.919. The number of hydrogen-bond donors (Lipinski definition) is 1. The highest BCUT2D eigenvalue weighted by molar-refractivity contribution is 5.42. The van der Waals surface area contributed by atoms with Gasteiger partial charge in [0.15, 0.2) is 0 Å². The number of aryl methyl sites for hydroxylation is 1. The number of imidazole rings is 1. The number of nitrogens with zero attached hydrogens (tertiary/aromatic N) is 2. The summed E-state index contributed by atoms with van der Waals surface area (Å²) in [4.78, 5) is 4.59. The average molecular weight is 259 g/mol. The van der Waals surface area contributed by atoms with Gasteiger partial charge in [0.2, 0.25) is 0 Å². The predicted octanol–water partition coefficient (Wildman–Crippen LogP) is 2.30. The summed E-state index contributed by atoms with van der Waals surface area (Å²) in [5, 5.41) is 3.65. The molecule has 0 aromatic carbocycles. The molecule has 0 spiro atoms. The standard InChI is InChI=1S/C15H21N3O/c1-12-13(18-8-4-3-6-14(18)17-12)10-16-15(2)7-5-9-19-11-15/h3-4,6,8,16H,5,7,9-11H2,1-2H3. The molecule has 102 valence electrons. The zero-order valence-corrected chi connectivity index (χ0v) is 11.6. The Labute approximate surface area is 113 Å². The second-order valence-electron chi connectivity index (χ2n) is 5.64. The summed E-state index contributed by atoms with van der Waals surface area (Å²) in [6.45, 7) is 6.83. The largest absolute Gasteiger partial charge is 0.380 e. The number of rotatable bonds is 3. The highest BCUT2D eigenvalue weighted by Crippen LogP contribution is 2.20. The van der Waals surface area contributed by atoms with E-state index in [4.69, 9.17) is 4.74 Å². The molecule has 0 bridgehead atoms. The van der Waals surface area contributed by atoms with Crippen LogP contribution in [0.15, 0.2) is 24.4 Å². The first-order chi connectivity index (χ1) is 9.18. The van der Waals surface area contributed by atoms with Gasteiger partial charge in [-0.25, -0.2) is 4.98 Å². The second kappa shape index (κ2) is 4.94. The third-order valence-electron chi connectivity index (χ3n) is 3.95. The van der Waals surface area contributed by atoms with Crippen LogP contribution in [0.5, 0.6) is 0 Å². The maximum Gasteiger partial charge on any atom is 0.137 e. The molecule has 1 aliphatic rings. The van der Waals surface area contributed by atoms with Gasteiger partial charge in [-0.1, -0.05) is 6.07 Å². The molecule has 2 aromatic rings. The Kier molecular flexibility index (Phi) is 3.29. The van der Waals surface area contributed by atoms with Crippen molar-refractivity contribution in [3.8, 4) is 0 Å². The number of nitrogens with one attached hydrogen (secondary N) is 1. The van der Waals surface area contributed by atoms with Gasteiger partial charge < -0.3 is 14.5 Å². The summed E-state index contributed by atoms with van der Waals surface area (Å²) in [5.74, 6) is 0. The molecule has 4 heteroatoms. The highest BCUT2D eigenvalue weighted by Gasteiger charge is 2.27. The number of aromatic nitrogens is 2. The molecule has 0 aliphatic carbocycles. The summed E-state index contributed by atoms with van der Waals surface area (Å²) >= 11 is 0. The van der Waals surface area contributed by atoms with E-state index in [1.165, 1.54) is 12.1 Å². The number of fused-ring (bicyclic) bond motifs is 1. The third kappa shape index (κ3) is 2.51. The first-order valence-electron chi connectivity index (χ1n) is 6.93. The third-order valence-corrected chi connectivity index (χ3v) is 3.95. The lowest BCUT2D eigenvalue weighted by Gasteiger charge is -2.34. The van der Waals surface area contributed by atoms with Crippen molar-refractivity contribution in [3.63, 3.8) is 0 Å². The Morgan fingerprint density at radius 1 is 1.47 bits per heavy atom. The van der Waals surface area contributed by atoms with E-state index in [0.717, 1.165) is 37.5 Å². The molecule has 1 atom stereocenters. The molecular formula is C15H21N3O. The first-order valence-corrected chi connectivity index (χ1v) is 6.93. The summed E-state index contributed by atoms with van der Waals surface area (Å²) in [6.07, 6.45) is 4.38. The molecule has 19 heavy (non-hydrogen) atoms. The van der Waals surface area contributed by atoms with E-state index in [0.29, 0.717) is 0 Å². The van der Waals surface area contributed by atoms with Gasteiger partial charge in [-0.15, -0.1) is 0 Å². The van der Waals surface area contributed by atoms with Gasteiger partial charge in [-0.3, -0.25) is 0 Å². The van der Waals surface area contributed by atoms with E-state index < -0.39 is 0 Å². The fourth-order valence-corrected chi connectivity index (χ4v) is 2.75. The van der Waals surface area contributed by atoms with Gasteiger partial charge in [-0.05, 0) is 38.8 Å². The smallest absolute Gasteiger partial charge is 0.137 e. The first kappa shape index (κ1) is 12.6. The lowest BCUT2D eigenvalue weighted by Crippen LogP contribution is -2.48. The highest BCUT2D eigenvalue weighted by atomic mass is 16.5. The van der Waals surface area contributed by atoms with Crippen molar-refractivity contribution >= 4 is 5.65 Å². The predicted molar refractivity (Wildman–Crippen MR) is 75.2 cm³/mol. The minimum atomic E-state index is 0.0869. The van der Waals surface area contributed by atoms with E-state index in [1.807, 2.05) is 18.2 Å². The van der Waals surface area contributed by atoms with Gasteiger partial charge in [0.1, 0.15) is 5.65 Å². The molecule has 3 rings (SSSR count). The van der Waals surface area contributed by atoms with Crippen LogP contribution in [0.1, 0.15) is 31.2 Å². The molecule has 4 nitrogen and oxygen atoms in total. The second-order valence-corrected chi connectivity index (χ2v) is 5.64. The Bertz CT molecular complexity index is 570. The van der Waals surface area contributed by atoms with Crippen LogP contribution in [0.4, 0.5) is 0 Å². The summed E-state index contributed by atoms with van der Waals surface area (Å²) in [5.41, 5.74) is 3.44. The number of pyridine rings is 1. The van der Waals surface area contributed by atoms with Crippen LogP contribution in [-0.2, 0) is 11.3 Å². The monoisotopic (exact) mass is 259 g/mol. The van der Waals surface area contributed by atoms with Gasteiger partial charge in [0.05, 0.1) is 18.0 Å². The molecule has 1 saturated heterocycles. The average Bonchev–Trinajstić information content (AvgIpc) is 2.73. The van der Waals surface area contributed by atoms with E-state index in [1.54, 1.807) is 0 Å². The fourth-order valence-electron chi connectivity index (χ4n) is 2.75. The van der Waals surface area contributed by atoms with Gasteiger partial charge >= 0.3 is 0 Å². The Balaban J connectivity index is 1.79. The van der Waals surface area contributed by atoms with E-state index in [2.05, 4.69) is 34.7 Å². The van der Waals surface area contributed by atoms with Crippen LogP contribution in [0.2, 0.25) is 0 Å². The maximum atomic E-state index is 5.59. The van der Waals surface area contributed by atoms with Crippen molar-refractivity contribution in [2.45, 2.75) is 38.8 Å². The summed E-state index contributed by atoms with van der Waals surface area (Å²) < 4.78 is 7.75. The topological polar surface area (TPSA) is 38.6 Å². The Hall–Kier alpha value is -1.39. The molecular weight excluding hydrogens is 238 g/mol. The normalized spacial score (nSPS) is 23.9. The van der Waals surface area contributed by atoms with Crippen LogP contribution >= 0.6 is 0 Å². The summed E-state index contributed by atoms with van der Waals surface area (Å²) in [7, 11) is 0. The zero-order valence-electron chi connectivity index (χ0n) is 11.6. The van der Waals surface area contributed by atoms with Crippen molar-refractivity contribution in [1.82, 2.24) is 14.7 Å². The lowest BCUT2D eigenvalue weighted by atomic mass is 9.95. The van der Waals surface area contributed by atoms with Crippen LogP contribution in [-0.4, -0.2) is 28.1 Å². The molecule has 0 amide bonds. The van der Waals surface area contributed by atoms with Crippen molar-refractivity contribution < 1.29 is 4.74 Å². The molecule has 0 radical (unpaired) electrons. The van der Waals surface area contributed by atoms with Crippen molar-refractivity contribution in [2.75, 3.05) is 13.2 Å². The SMILES string of the molecule is Cc1nc2ccccn2c1CNC1(C)CCCOC1. The maximum absolute atomic E-state index is 5.59. The molecule has 1 aliphatic heterocycles. The molecule has 1 unspecified atom stereocenters. The summed E-state index contributed by atoms with van der Waals surface area (Å²) in [6, 6.07) is 6.11. The fraction of sp³-hybridized carbons (Fsp3) is 0.533. The van der Waals surface area contributed by atoms with E-state index >= 15 is 0 Å². The van der Waals surface area contributed by atoms with E-state index in [-0.39, 0.29) is 5.54 Å². The Morgan fingerprint density at radius 3 is 3.16 bits per heavy atom. The number of ether oxygens (including phenoxy) is 1. The molecule has 0 saturated carbocycles. The van der Waals surface area contributed by atoms with E-state index in [9.17, 15) is 0 Å². The van der Waals surface area contributed by atoms with Gasteiger partial charge in [-0.2, -0.15) is 0 Å². The number of hydrogen-bond acceptors (Lipinski definition) is 3. The molecule has 3 heterocycles. The van der Waals surface area contributed by atoms with Crippen LogP contribution in [0.25, 0.3) is 5.65 Å². The van der Waals surface area contributed by atoms with Crippen molar-refractivity contribution in [1.29, 1.82) is 0 Å². The lowest BCUT2D eigenvalue weighted by molar-refractivity contribution is 0.0276. The minimum absolute atomic E-state index is 0.0869. The van der Waals surface area contributed by atoms with Crippen molar-refractivity contribution in [3.05, 3.63) is 35.8 Å².